The molecule has 3 rings (SSSR count). The van der Waals surface area contributed by atoms with E-state index in [1.165, 1.54) is 0 Å². The Morgan fingerprint density at radius 3 is 2.85 bits per heavy atom. The standard InChI is InChI=1S/C19H21ClN2O5/c1-24-16-4-2-13(20)10-15(16)21-7-6-19(23)22-8-9-25-14-3-5-17-18(11-14)27-12-26-17/h2-5,10-11,21H,6-9,12H2,1H3,(H,22,23). The zero-order chi connectivity index (χ0) is 19.1. The van der Waals surface area contributed by atoms with Gasteiger partial charge in [-0.05, 0) is 30.3 Å². The molecule has 144 valence electrons. The molecule has 1 amide bonds. The molecule has 7 nitrogen and oxygen atoms in total. The summed E-state index contributed by atoms with van der Waals surface area (Å²) in [5.74, 6) is 2.65. The van der Waals surface area contributed by atoms with E-state index in [0.717, 1.165) is 5.69 Å². The number of rotatable bonds is 9. The Hall–Kier alpha value is -2.80. The topological polar surface area (TPSA) is 78.1 Å². The van der Waals surface area contributed by atoms with Crippen LogP contribution >= 0.6 is 11.6 Å². The molecule has 2 aromatic carbocycles. The highest BCUT2D eigenvalue weighted by Crippen LogP contribution is 2.35. The lowest BCUT2D eigenvalue weighted by atomic mass is 10.2. The fraction of sp³-hybridized carbons (Fsp3) is 0.316. The monoisotopic (exact) mass is 392 g/mol. The Labute approximate surface area is 162 Å². The zero-order valence-electron chi connectivity index (χ0n) is 14.9. The van der Waals surface area contributed by atoms with Gasteiger partial charge in [0.1, 0.15) is 18.1 Å². The molecule has 0 radical (unpaired) electrons. The van der Waals surface area contributed by atoms with Crippen LogP contribution in [0.15, 0.2) is 36.4 Å². The summed E-state index contributed by atoms with van der Waals surface area (Å²) < 4.78 is 21.4. The van der Waals surface area contributed by atoms with Gasteiger partial charge < -0.3 is 29.6 Å². The second-order valence-electron chi connectivity index (χ2n) is 5.73. The van der Waals surface area contributed by atoms with Crippen LogP contribution in [0.3, 0.4) is 0 Å². The van der Waals surface area contributed by atoms with E-state index in [0.29, 0.717) is 54.1 Å². The second kappa shape index (κ2) is 9.23. The molecule has 0 unspecified atom stereocenters. The molecule has 0 spiro atoms. The van der Waals surface area contributed by atoms with Crippen molar-refractivity contribution in [1.82, 2.24) is 5.32 Å². The van der Waals surface area contributed by atoms with Crippen molar-refractivity contribution in [2.24, 2.45) is 0 Å². The maximum absolute atomic E-state index is 11.9. The number of halogens is 1. The molecule has 0 fully saturated rings. The molecule has 2 aromatic rings. The fourth-order valence-corrected chi connectivity index (χ4v) is 2.72. The second-order valence-corrected chi connectivity index (χ2v) is 6.17. The van der Waals surface area contributed by atoms with Crippen molar-refractivity contribution in [3.05, 3.63) is 41.4 Å². The third kappa shape index (κ3) is 5.34. The zero-order valence-corrected chi connectivity index (χ0v) is 15.7. The number of methoxy groups -OCH3 is 1. The number of nitrogens with one attached hydrogen (secondary N) is 2. The number of carbonyl (C=O) groups is 1. The van der Waals surface area contributed by atoms with E-state index >= 15 is 0 Å². The van der Waals surface area contributed by atoms with Crippen LogP contribution in [0.4, 0.5) is 5.69 Å². The van der Waals surface area contributed by atoms with Crippen LogP contribution < -0.4 is 29.6 Å². The van der Waals surface area contributed by atoms with Gasteiger partial charge >= 0.3 is 0 Å². The van der Waals surface area contributed by atoms with E-state index in [9.17, 15) is 4.79 Å². The molecular weight excluding hydrogens is 372 g/mol. The first-order valence-corrected chi connectivity index (χ1v) is 8.90. The molecule has 8 heteroatoms. The highest BCUT2D eigenvalue weighted by Gasteiger charge is 2.13. The summed E-state index contributed by atoms with van der Waals surface area (Å²) in [6.07, 6.45) is 0.319. The van der Waals surface area contributed by atoms with E-state index in [1.54, 1.807) is 43.5 Å². The quantitative estimate of drug-likeness (QED) is 0.638. The Balaban J connectivity index is 1.34. The summed E-state index contributed by atoms with van der Waals surface area (Å²) in [5, 5.41) is 6.56. The predicted molar refractivity (Wildman–Crippen MR) is 102 cm³/mol. The summed E-state index contributed by atoms with van der Waals surface area (Å²) in [5.41, 5.74) is 0.754. The van der Waals surface area contributed by atoms with Crippen LogP contribution in [-0.2, 0) is 4.79 Å². The lowest BCUT2D eigenvalue weighted by Gasteiger charge is -2.12. The number of anilines is 1. The molecule has 2 N–H and O–H groups in total. The van der Waals surface area contributed by atoms with Crippen LogP contribution in [0.2, 0.25) is 5.02 Å². The molecular formula is C19H21ClN2O5. The Kier molecular flexibility index (Phi) is 6.49. The largest absolute Gasteiger partial charge is 0.495 e. The summed E-state index contributed by atoms with van der Waals surface area (Å²) in [4.78, 5) is 11.9. The van der Waals surface area contributed by atoms with Gasteiger partial charge in [0.05, 0.1) is 19.3 Å². The number of benzene rings is 2. The molecule has 0 bridgehead atoms. The minimum atomic E-state index is -0.0715. The van der Waals surface area contributed by atoms with Crippen LogP contribution in [0.25, 0.3) is 0 Å². The van der Waals surface area contributed by atoms with Gasteiger partial charge in [0.15, 0.2) is 11.5 Å². The normalized spacial score (nSPS) is 11.8. The minimum absolute atomic E-state index is 0.0715. The van der Waals surface area contributed by atoms with Gasteiger partial charge in [0, 0.05) is 24.1 Å². The molecule has 0 aliphatic carbocycles. The number of ether oxygens (including phenoxy) is 4. The number of fused-ring (bicyclic) bond motifs is 1. The van der Waals surface area contributed by atoms with Crippen LogP contribution in [0.5, 0.6) is 23.0 Å². The Morgan fingerprint density at radius 2 is 2.00 bits per heavy atom. The van der Waals surface area contributed by atoms with Crippen molar-refractivity contribution in [2.45, 2.75) is 6.42 Å². The van der Waals surface area contributed by atoms with Gasteiger partial charge in [-0.3, -0.25) is 4.79 Å². The van der Waals surface area contributed by atoms with Gasteiger partial charge in [-0.25, -0.2) is 0 Å². The van der Waals surface area contributed by atoms with Crippen molar-refractivity contribution < 1.29 is 23.7 Å². The van der Waals surface area contributed by atoms with E-state index < -0.39 is 0 Å². The number of hydrogen-bond acceptors (Lipinski definition) is 6. The average molecular weight is 393 g/mol. The first-order valence-electron chi connectivity index (χ1n) is 8.52. The molecule has 27 heavy (non-hydrogen) atoms. The Bertz CT molecular complexity index is 800. The predicted octanol–water partition coefficient (Wildman–Crippen LogP) is 3.07. The third-order valence-electron chi connectivity index (χ3n) is 3.87. The highest BCUT2D eigenvalue weighted by atomic mass is 35.5. The van der Waals surface area contributed by atoms with Crippen LogP contribution in [0, 0.1) is 0 Å². The lowest BCUT2D eigenvalue weighted by molar-refractivity contribution is -0.120. The van der Waals surface area contributed by atoms with Gasteiger partial charge in [-0.1, -0.05) is 11.6 Å². The molecule has 0 atom stereocenters. The smallest absolute Gasteiger partial charge is 0.231 e. The van der Waals surface area contributed by atoms with Crippen LogP contribution in [0.1, 0.15) is 6.42 Å². The van der Waals surface area contributed by atoms with Gasteiger partial charge in [-0.15, -0.1) is 0 Å². The fourth-order valence-electron chi connectivity index (χ4n) is 2.54. The first kappa shape index (κ1) is 19.0. The highest BCUT2D eigenvalue weighted by molar-refractivity contribution is 6.30. The van der Waals surface area contributed by atoms with Gasteiger partial charge in [0.2, 0.25) is 12.7 Å². The summed E-state index contributed by atoms with van der Waals surface area (Å²) in [7, 11) is 1.58. The summed E-state index contributed by atoms with van der Waals surface area (Å²) >= 11 is 5.98. The summed E-state index contributed by atoms with van der Waals surface area (Å²) in [6.45, 7) is 1.46. The number of amides is 1. The molecule has 0 saturated heterocycles. The van der Waals surface area contributed by atoms with E-state index in [4.69, 9.17) is 30.5 Å². The molecule has 1 heterocycles. The molecule has 0 aromatic heterocycles. The average Bonchev–Trinajstić information content (AvgIpc) is 3.13. The van der Waals surface area contributed by atoms with Gasteiger partial charge in [-0.2, -0.15) is 0 Å². The van der Waals surface area contributed by atoms with Crippen molar-refractivity contribution in [1.29, 1.82) is 0 Å². The van der Waals surface area contributed by atoms with Crippen molar-refractivity contribution in [3.8, 4) is 23.0 Å². The maximum atomic E-state index is 11.9. The van der Waals surface area contributed by atoms with E-state index in [1.807, 2.05) is 0 Å². The number of hydrogen-bond donors (Lipinski definition) is 2. The molecule has 1 aliphatic heterocycles. The minimum Gasteiger partial charge on any atom is -0.495 e. The first-order chi connectivity index (χ1) is 13.2. The SMILES string of the molecule is COc1ccc(Cl)cc1NCCC(=O)NCCOc1ccc2c(c1)OCO2. The lowest BCUT2D eigenvalue weighted by Crippen LogP contribution is -2.29. The van der Waals surface area contributed by atoms with Crippen molar-refractivity contribution in [3.63, 3.8) is 0 Å². The molecule has 0 saturated carbocycles. The Morgan fingerprint density at radius 1 is 1.15 bits per heavy atom. The van der Waals surface area contributed by atoms with E-state index in [2.05, 4.69) is 10.6 Å². The van der Waals surface area contributed by atoms with Gasteiger partial charge in [0.25, 0.3) is 0 Å². The van der Waals surface area contributed by atoms with Crippen molar-refractivity contribution >= 4 is 23.2 Å². The summed E-state index contributed by atoms with van der Waals surface area (Å²) in [6, 6.07) is 10.7. The van der Waals surface area contributed by atoms with Crippen LogP contribution in [-0.4, -0.2) is 39.5 Å². The number of carbonyl (C=O) groups excluding carboxylic acids is 1. The molecule has 1 aliphatic rings. The van der Waals surface area contributed by atoms with E-state index in [-0.39, 0.29) is 12.7 Å². The maximum Gasteiger partial charge on any atom is 0.231 e. The third-order valence-corrected chi connectivity index (χ3v) is 4.10. The van der Waals surface area contributed by atoms with Crippen molar-refractivity contribution in [2.75, 3.05) is 38.9 Å².